The minimum Gasteiger partial charge on any atom is -0.444 e. The normalized spacial score (nSPS) is 18.1. The Labute approximate surface area is 182 Å². The molecule has 162 valence electrons. The van der Waals surface area contributed by atoms with Crippen LogP contribution in [0.4, 0.5) is 10.5 Å². The van der Waals surface area contributed by atoms with Crippen LogP contribution in [0, 0.1) is 0 Å². The summed E-state index contributed by atoms with van der Waals surface area (Å²) in [6.45, 7) is 6.51. The number of nitrogens with zero attached hydrogens (tertiary/aromatic N) is 2. The number of anilines is 1. The van der Waals surface area contributed by atoms with Crippen molar-refractivity contribution in [3.8, 4) is 11.1 Å². The number of rotatable bonds is 3. The molecule has 2 aromatic rings. The van der Waals surface area contributed by atoms with Crippen molar-refractivity contribution in [3.63, 3.8) is 0 Å². The van der Waals surface area contributed by atoms with Gasteiger partial charge in [-0.3, -0.25) is 14.5 Å². The van der Waals surface area contributed by atoms with Gasteiger partial charge in [0.1, 0.15) is 17.9 Å². The topological polar surface area (TPSA) is 66.9 Å². The van der Waals surface area contributed by atoms with E-state index in [1.165, 1.54) is 0 Å². The summed E-state index contributed by atoms with van der Waals surface area (Å²) in [7, 11) is 0. The Morgan fingerprint density at radius 3 is 2.52 bits per heavy atom. The van der Waals surface area contributed by atoms with Crippen LogP contribution in [-0.4, -0.2) is 47.9 Å². The van der Waals surface area contributed by atoms with Gasteiger partial charge in [0.25, 0.3) is 0 Å². The number of likely N-dealkylation sites (tertiary alicyclic amines) is 1. The predicted molar refractivity (Wildman–Crippen MR) is 119 cm³/mol. The molecule has 0 aromatic heterocycles. The molecule has 0 aliphatic carbocycles. The molecule has 1 atom stereocenters. The van der Waals surface area contributed by atoms with Gasteiger partial charge in [-0.1, -0.05) is 30.3 Å². The highest BCUT2D eigenvalue weighted by atomic mass is 16.6. The maximum Gasteiger partial charge on any atom is 0.410 e. The van der Waals surface area contributed by atoms with Crippen LogP contribution in [0.3, 0.4) is 0 Å². The molecule has 0 spiro atoms. The van der Waals surface area contributed by atoms with E-state index in [9.17, 15) is 14.4 Å². The lowest BCUT2D eigenvalue weighted by Gasteiger charge is -2.30. The molecule has 1 saturated heterocycles. The van der Waals surface area contributed by atoms with Gasteiger partial charge in [0.05, 0.1) is 0 Å². The Morgan fingerprint density at radius 2 is 1.84 bits per heavy atom. The summed E-state index contributed by atoms with van der Waals surface area (Å²) in [5, 5.41) is 0. The standard InChI is InChI=1S/C25H28N2O4/c1-25(2,3)31-24(30)27-12-7-10-21(27)23(29)26-13-11-19-20(18-8-5-4-6-9-18)14-17(16-28)15-22(19)26/h4-6,8-9,14-16,21H,7,10-13H2,1-3H3/t21-/m0/s1. The number of fused-ring (bicyclic) bond motifs is 1. The molecular weight excluding hydrogens is 392 g/mol. The van der Waals surface area contributed by atoms with E-state index in [0.717, 1.165) is 35.1 Å². The molecule has 0 radical (unpaired) electrons. The number of carbonyl (C=O) groups excluding carboxylic acids is 3. The van der Waals surface area contributed by atoms with Crippen molar-refractivity contribution in [2.75, 3.05) is 18.0 Å². The van der Waals surface area contributed by atoms with E-state index >= 15 is 0 Å². The van der Waals surface area contributed by atoms with Gasteiger partial charge in [-0.15, -0.1) is 0 Å². The van der Waals surface area contributed by atoms with E-state index in [1.54, 1.807) is 15.9 Å². The predicted octanol–water partition coefficient (Wildman–Crippen LogP) is 4.45. The molecule has 6 nitrogen and oxygen atoms in total. The molecule has 1 fully saturated rings. The largest absolute Gasteiger partial charge is 0.444 e. The molecule has 2 heterocycles. The number of hydrogen-bond acceptors (Lipinski definition) is 4. The molecule has 0 saturated carbocycles. The van der Waals surface area contributed by atoms with E-state index in [4.69, 9.17) is 4.74 Å². The van der Waals surface area contributed by atoms with Gasteiger partial charge in [-0.05, 0) is 68.9 Å². The highest BCUT2D eigenvalue weighted by Crippen LogP contribution is 2.38. The second kappa shape index (κ2) is 8.17. The molecule has 0 bridgehead atoms. The number of hydrogen-bond donors (Lipinski definition) is 0. The third-order valence-electron chi connectivity index (χ3n) is 5.78. The molecule has 2 aromatic carbocycles. The Hall–Kier alpha value is -3.15. The van der Waals surface area contributed by atoms with Crippen molar-refractivity contribution in [3.05, 3.63) is 53.6 Å². The van der Waals surface area contributed by atoms with Crippen LogP contribution in [0.25, 0.3) is 11.1 Å². The number of carbonyl (C=O) groups is 3. The van der Waals surface area contributed by atoms with Gasteiger partial charge in [0.2, 0.25) is 5.91 Å². The smallest absolute Gasteiger partial charge is 0.410 e. The molecule has 6 heteroatoms. The summed E-state index contributed by atoms with van der Waals surface area (Å²) in [6.07, 6.45) is 2.46. The fourth-order valence-electron chi connectivity index (χ4n) is 4.44. The first kappa shape index (κ1) is 21.1. The zero-order valence-corrected chi connectivity index (χ0v) is 18.3. The van der Waals surface area contributed by atoms with E-state index in [-0.39, 0.29) is 5.91 Å². The number of benzene rings is 2. The first-order valence-corrected chi connectivity index (χ1v) is 10.8. The van der Waals surface area contributed by atoms with Gasteiger partial charge in [0, 0.05) is 24.3 Å². The Kier molecular flexibility index (Phi) is 5.56. The van der Waals surface area contributed by atoms with Gasteiger partial charge < -0.3 is 9.64 Å². The van der Waals surface area contributed by atoms with Gasteiger partial charge in [-0.25, -0.2) is 4.79 Å². The van der Waals surface area contributed by atoms with Crippen molar-refractivity contribution in [2.24, 2.45) is 0 Å². The van der Waals surface area contributed by atoms with E-state index < -0.39 is 17.7 Å². The van der Waals surface area contributed by atoms with Crippen LogP contribution < -0.4 is 4.90 Å². The third-order valence-corrected chi connectivity index (χ3v) is 5.78. The summed E-state index contributed by atoms with van der Waals surface area (Å²) >= 11 is 0. The molecule has 0 N–H and O–H groups in total. The van der Waals surface area contributed by atoms with Crippen LogP contribution in [0.5, 0.6) is 0 Å². The quantitative estimate of drug-likeness (QED) is 0.688. The zero-order valence-electron chi connectivity index (χ0n) is 18.3. The fraction of sp³-hybridized carbons (Fsp3) is 0.400. The van der Waals surface area contributed by atoms with Crippen molar-refractivity contribution in [2.45, 2.75) is 51.7 Å². The SMILES string of the molecule is CC(C)(C)OC(=O)N1CCC[C@H]1C(=O)N1CCc2c(-c3ccccc3)cc(C=O)cc21. The minimum atomic E-state index is -0.614. The van der Waals surface area contributed by atoms with E-state index in [1.807, 2.05) is 57.2 Å². The lowest BCUT2D eigenvalue weighted by Crippen LogP contribution is -2.48. The third kappa shape index (κ3) is 4.20. The zero-order chi connectivity index (χ0) is 22.2. The highest BCUT2D eigenvalue weighted by molar-refractivity contribution is 6.02. The van der Waals surface area contributed by atoms with E-state index in [0.29, 0.717) is 31.5 Å². The molecule has 31 heavy (non-hydrogen) atoms. The monoisotopic (exact) mass is 420 g/mol. The van der Waals surface area contributed by atoms with Crippen LogP contribution in [-0.2, 0) is 16.0 Å². The molecule has 2 aliphatic heterocycles. The molecule has 2 amide bonds. The Balaban J connectivity index is 1.65. The van der Waals surface area contributed by atoms with Crippen LogP contribution in [0.2, 0.25) is 0 Å². The molecule has 4 rings (SSSR count). The van der Waals surface area contributed by atoms with Gasteiger partial charge >= 0.3 is 6.09 Å². The van der Waals surface area contributed by atoms with E-state index in [2.05, 4.69) is 0 Å². The molecule has 0 unspecified atom stereocenters. The maximum absolute atomic E-state index is 13.5. The lowest BCUT2D eigenvalue weighted by atomic mass is 9.95. The molecule has 2 aliphatic rings. The minimum absolute atomic E-state index is 0.107. The summed E-state index contributed by atoms with van der Waals surface area (Å²) in [5.74, 6) is -0.107. The summed E-state index contributed by atoms with van der Waals surface area (Å²) in [4.78, 5) is 41.1. The second-order valence-corrected chi connectivity index (χ2v) is 9.12. The molecular formula is C25H28N2O4. The second-order valence-electron chi connectivity index (χ2n) is 9.12. The van der Waals surface area contributed by atoms with Crippen molar-refractivity contribution in [1.29, 1.82) is 0 Å². The number of ether oxygens (including phenoxy) is 1. The highest BCUT2D eigenvalue weighted by Gasteiger charge is 2.40. The number of amides is 2. The number of aldehydes is 1. The fourth-order valence-corrected chi connectivity index (χ4v) is 4.44. The Morgan fingerprint density at radius 1 is 1.10 bits per heavy atom. The average Bonchev–Trinajstić information content (AvgIpc) is 3.39. The van der Waals surface area contributed by atoms with Crippen molar-refractivity contribution in [1.82, 2.24) is 4.90 Å². The van der Waals surface area contributed by atoms with Gasteiger partial charge in [0.15, 0.2) is 0 Å². The average molecular weight is 421 g/mol. The van der Waals surface area contributed by atoms with Crippen molar-refractivity contribution < 1.29 is 19.1 Å². The first-order valence-electron chi connectivity index (χ1n) is 10.8. The first-order chi connectivity index (χ1) is 14.8. The summed E-state index contributed by atoms with van der Waals surface area (Å²) < 4.78 is 5.52. The maximum atomic E-state index is 13.5. The Bertz CT molecular complexity index is 1010. The summed E-state index contributed by atoms with van der Waals surface area (Å²) in [6, 6.07) is 13.0. The van der Waals surface area contributed by atoms with Crippen LogP contribution in [0.15, 0.2) is 42.5 Å². The summed E-state index contributed by atoms with van der Waals surface area (Å²) in [5.41, 5.74) is 3.75. The van der Waals surface area contributed by atoms with Gasteiger partial charge in [-0.2, -0.15) is 0 Å². The van der Waals surface area contributed by atoms with Crippen LogP contribution in [0.1, 0.15) is 49.5 Å². The van der Waals surface area contributed by atoms with Crippen molar-refractivity contribution >= 4 is 24.0 Å². The van der Waals surface area contributed by atoms with Crippen LogP contribution >= 0.6 is 0 Å². The lowest BCUT2D eigenvalue weighted by molar-refractivity contribution is -0.122.